The van der Waals surface area contributed by atoms with Gasteiger partial charge in [0, 0.05) is 22.7 Å². The molecule has 2 N–H and O–H groups in total. The summed E-state index contributed by atoms with van der Waals surface area (Å²) in [4.78, 5) is 33.7. The Hall–Kier alpha value is -2.44. The van der Waals surface area contributed by atoms with Gasteiger partial charge >= 0.3 is 0 Å². The summed E-state index contributed by atoms with van der Waals surface area (Å²) in [7, 11) is 0. The first kappa shape index (κ1) is 16.6. The quantitative estimate of drug-likeness (QED) is 0.649. The Morgan fingerprint density at radius 1 is 1.29 bits per heavy atom. The number of carbonyl (C=O) groups excluding carboxylic acids is 2. The molecule has 7 heteroatoms. The number of hydrogen-bond acceptors (Lipinski definition) is 4. The van der Waals surface area contributed by atoms with E-state index in [1.165, 1.54) is 18.2 Å². The lowest BCUT2D eigenvalue weighted by Crippen LogP contribution is -2.45. The fourth-order valence-electron chi connectivity index (χ4n) is 1.73. The van der Waals surface area contributed by atoms with Crippen LogP contribution in [-0.4, -0.2) is 28.8 Å². The van der Waals surface area contributed by atoms with E-state index in [0.29, 0.717) is 5.56 Å². The topological polar surface area (TPSA) is 101 Å². The van der Waals surface area contributed by atoms with E-state index in [0.717, 1.165) is 0 Å². The van der Waals surface area contributed by atoms with Gasteiger partial charge in [0.2, 0.25) is 5.91 Å². The number of amides is 2. The van der Waals surface area contributed by atoms with Crippen molar-refractivity contribution in [3.63, 3.8) is 0 Å². The Morgan fingerprint density at radius 2 is 1.90 bits per heavy atom. The molecular formula is C14H19N3O4. The maximum atomic E-state index is 11.9. The number of aryl methyl sites for hydroxylation is 1. The highest BCUT2D eigenvalue weighted by molar-refractivity contribution is 5.96. The second-order valence-electron chi connectivity index (χ2n) is 5.74. The molecule has 21 heavy (non-hydrogen) atoms. The molecule has 114 valence electrons. The molecule has 7 nitrogen and oxygen atoms in total. The maximum Gasteiger partial charge on any atom is 0.272 e. The lowest BCUT2D eigenvalue weighted by atomic mass is 10.1. The fourth-order valence-corrected chi connectivity index (χ4v) is 1.73. The van der Waals surface area contributed by atoms with Crippen LogP contribution in [0, 0.1) is 17.0 Å². The third kappa shape index (κ3) is 5.21. The molecule has 2 amide bonds. The van der Waals surface area contributed by atoms with E-state index in [4.69, 9.17) is 0 Å². The number of nitro benzene ring substituents is 1. The average molecular weight is 293 g/mol. The van der Waals surface area contributed by atoms with Gasteiger partial charge in [-0.15, -0.1) is 0 Å². The van der Waals surface area contributed by atoms with Crippen LogP contribution in [0.15, 0.2) is 18.2 Å². The van der Waals surface area contributed by atoms with Crippen LogP contribution in [0.1, 0.15) is 36.7 Å². The second kappa shape index (κ2) is 6.34. The molecule has 0 aliphatic rings. The standard InChI is InChI=1S/C14H19N3O4/c1-9-7-10(5-6-11(9)17(20)21)13(19)15-8-12(18)16-14(2,3)4/h5-7H,8H2,1-4H3,(H,15,19)(H,16,18). The molecule has 0 atom stereocenters. The summed E-state index contributed by atoms with van der Waals surface area (Å²) < 4.78 is 0. The van der Waals surface area contributed by atoms with Crippen LogP contribution in [-0.2, 0) is 4.79 Å². The molecule has 1 aromatic carbocycles. The third-order valence-corrected chi connectivity index (χ3v) is 2.58. The van der Waals surface area contributed by atoms with Gasteiger partial charge in [-0.05, 0) is 39.8 Å². The van der Waals surface area contributed by atoms with E-state index in [1.807, 2.05) is 20.8 Å². The summed E-state index contributed by atoms with van der Waals surface area (Å²) >= 11 is 0. The normalized spacial score (nSPS) is 10.9. The minimum atomic E-state index is -0.506. The number of nitro groups is 1. The summed E-state index contributed by atoms with van der Waals surface area (Å²) in [6, 6.07) is 4.07. The highest BCUT2D eigenvalue weighted by Gasteiger charge is 2.16. The van der Waals surface area contributed by atoms with E-state index < -0.39 is 10.8 Å². The predicted octanol–water partition coefficient (Wildman–Crippen LogP) is 1.55. The highest BCUT2D eigenvalue weighted by Crippen LogP contribution is 2.18. The molecule has 0 aliphatic heterocycles. The molecule has 0 saturated heterocycles. The van der Waals surface area contributed by atoms with Crippen molar-refractivity contribution in [3.05, 3.63) is 39.4 Å². The lowest BCUT2D eigenvalue weighted by molar-refractivity contribution is -0.385. The largest absolute Gasteiger partial charge is 0.350 e. The molecule has 0 saturated carbocycles. The monoisotopic (exact) mass is 293 g/mol. The van der Waals surface area contributed by atoms with Crippen molar-refractivity contribution in [2.45, 2.75) is 33.2 Å². The number of carbonyl (C=O) groups is 2. The Morgan fingerprint density at radius 3 is 2.38 bits per heavy atom. The van der Waals surface area contributed by atoms with Crippen LogP contribution in [0.5, 0.6) is 0 Å². The van der Waals surface area contributed by atoms with Crippen molar-refractivity contribution < 1.29 is 14.5 Å². The van der Waals surface area contributed by atoms with E-state index in [-0.39, 0.29) is 29.2 Å². The summed E-state index contributed by atoms with van der Waals surface area (Å²) in [5, 5.41) is 15.9. The zero-order valence-electron chi connectivity index (χ0n) is 12.5. The summed E-state index contributed by atoms with van der Waals surface area (Å²) in [6.07, 6.45) is 0. The Bertz CT molecular complexity index is 576. The van der Waals surface area contributed by atoms with E-state index >= 15 is 0 Å². The zero-order chi connectivity index (χ0) is 16.2. The van der Waals surface area contributed by atoms with Crippen LogP contribution in [0.2, 0.25) is 0 Å². The first-order valence-electron chi connectivity index (χ1n) is 6.44. The molecule has 1 aromatic rings. The summed E-state index contributed by atoms with van der Waals surface area (Å²) in [5.74, 6) is -0.744. The van der Waals surface area contributed by atoms with Crippen molar-refractivity contribution in [1.82, 2.24) is 10.6 Å². The van der Waals surface area contributed by atoms with Crippen molar-refractivity contribution in [2.24, 2.45) is 0 Å². The highest BCUT2D eigenvalue weighted by atomic mass is 16.6. The van der Waals surface area contributed by atoms with Gasteiger partial charge in [0.25, 0.3) is 11.6 Å². The third-order valence-electron chi connectivity index (χ3n) is 2.58. The van der Waals surface area contributed by atoms with Gasteiger partial charge < -0.3 is 10.6 Å². The van der Waals surface area contributed by atoms with Crippen molar-refractivity contribution in [2.75, 3.05) is 6.54 Å². The molecule has 0 fully saturated rings. The Kier molecular flexibility index (Phi) is 5.02. The van der Waals surface area contributed by atoms with Crippen LogP contribution in [0.25, 0.3) is 0 Å². The SMILES string of the molecule is Cc1cc(C(=O)NCC(=O)NC(C)(C)C)ccc1[N+](=O)[O-]. The van der Waals surface area contributed by atoms with Crippen molar-refractivity contribution in [1.29, 1.82) is 0 Å². The van der Waals surface area contributed by atoms with E-state index in [9.17, 15) is 19.7 Å². The minimum Gasteiger partial charge on any atom is -0.350 e. The van der Waals surface area contributed by atoms with Crippen LogP contribution in [0.4, 0.5) is 5.69 Å². The number of nitrogens with zero attached hydrogens (tertiary/aromatic N) is 1. The lowest BCUT2D eigenvalue weighted by Gasteiger charge is -2.20. The first-order chi connectivity index (χ1) is 9.60. The number of hydrogen-bond donors (Lipinski definition) is 2. The van der Waals surface area contributed by atoms with Crippen molar-refractivity contribution in [3.8, 4) is 0 Å². The van der Waals surface area contributed by atoms with Gasteiger partial charge in [-0.2, -0.15) is 0 Å². The van der Waals surface area contributed by atoms with Crippen LogP contribution >= 0.6 is 0 Å². The van der Waals surface area contributed by atoms with E-state index in [1.54, 1.807) is 6.92 Å². The van der Waals surface area contributed by atoms with Crippen LogP contribution < -0.4 is 10.6 Å². The summed E-state index contributed by atoms with van der Waals surface area (Å²) in [6.45, 7) is 6.93. The average Bonchev–Trinajstić information content (AvgIpc) is 2.33. The number of nitrogens with one attached hydrogen (secondary N) is 2. The summed E-state index contributed by atoms with van der Waals surface area (Å²) in [5.41, 5.74) is 0.261. The molecule has 1 rings (SSSR count). The fraction of sp³-hybridized carbons (Fsp3) is 0.429. The molecule has 0 spiro atoms. The first-order valence-corrected chi connectivity index (χ1v) is 6.44. The van der Waals surface area contributed by atoms with Gasteiger partial charge in [0.05, 0.1) is 11.5 Å². The molecule has 0 unspecified atom stereocenters. The van der Waals surface area contributed by atoms with Gasteiger partial charge in [-0.25, -0.2) is 0 Å². The Labute approximate surface area is 122 Å². The molecule has 0 aromatic heterocycles. The second-order valence-corrected chi connectivity index (χ2v) is 5.74. The molecule has 0 bridgehead atoms. The molecule has 0 radical (unpaired) electrons. The van der Waals surface area contributed by atoms with Gasteiger partial charge in [-0.3, -0.25) is 19.7 Å². The van der Waals surface area contributed by atoms with Crippen LogP contribution in [0.3, 0.4) is 0 Å². The van der Waals surface area contributed by atoms with Gasteiger partial charge in [0.1, 0.15) is 0 Å². The van der Waals surface area contributed by atoms with Gasteiger partial charge in [-0.1, -0.05) is 0 Å². The van der Waals surface area contributed by atoms with Crippen molar-refractivity contribution >= 4 is 17.5 Å². The number of rotatable bonds is 4. The Balaban J connectivity index is 2.67. The molecular weight excluding hydrogens is 274 g/mol. The predicted molar refractivity (Wildman–Crippen MR) is 78.1 cm³/mol. The van der Waals surface area contributed by atoms with Gasteiger partial charge in [0.15, 0.2) is 0 Å². The maximum absolute atomic E-state index is 11.9. The molecule has 0 heterocycles. The molecule has 0 aliphatic carbocycles. The number of benzene rings is 1. The minimum absolute atomic E-state index is 0.0444. The smallest absolute Gasteiger partial charge is 0.272 e. The van der Waals surface area contributed by atoms with E-state index in [2.05, 4.69) is 10.6 Å². The zero-order valence-corrected chi connectivity index (χ0v) is 12.5.